The van der Waals surface area contributed by atoms with Crippen molar-refractivity contribution in [2.24, 2.45) is 0 Å². The van der Waals surface area contributed by atoms with E-state index in [0.717, 1.165) is 30.8 Å². The number of carbonyl (C=O) groups excluding carboxylic acids is 1. The molecule has 0 bridgehead atoms. The van der Waals surface area contributed by atoms with Gasteiger partial charge < -0.3 is 10.1 Å². The SMILES string of the molecule is Cc1ccc2c(c1)O[C@@H](C(=O)NCc1cccc(CN3CCCC3)c1)CN2S(=O)(=O)c1ccccc1. The molecule has 1 atom stereocenters. The second-order valence-corrected chi connectivity index (χ2v) is 11.3. The number of likely N-dealkylation sites (tertiary alicyclic amines) is 1. The molecule has 0 aliphatic carbocycles. The zero-order valence-electron chi connectivity index (χ0n) is 20.4. The van der Waals surface area contributed by atoms with E-state index >= 15 is 0 Å². The molecule has 1 N–H and O–H groups in total. The second-order valence-electron chi connectivity index (χ2n) is 9.45. The van der Waals surface area contributed by atoms with E-state index in [4.69, 9.17) is 4.74 Å². The van der Waals surface area contributed by atoms with Gasteiger partial charge in [0.25, 0.3) is 15.9 Å². The minimum absolute atomic E-state index is 0.103. The van der Waals surface area contributed by atoms with Crippen molar-refractivity contribution in [2.75, 3.05) is 23.9 Å². The molecule has 2 aliphatic rings. The van der Waals surface area contributed by atoms with Gasteiger partial charge in [-0.25, -0.2) is 8.42 Å². The number of hydrogen-bond donors (Lipinski definition) is 1. The topological polar surface area (TPSA) is 79.0 Å². The molecule has 2 aliphatic heterocycles. The second kappa shape index (κ2) is 10.3. The van der Waals surface area contributed by atoms with E-state index in [2.05, 4.69) is 22.3 Å². The van der Waals surface area contributed by atoms with Gasteiger partial charge in [-0.2, -0.15) is 0 Å². The van der Waals surface area contributed by atoms with Crippen LogP contribution in [-0.2, 0) is 27.9 Å². The lowest BCUT2D eigenvalue weighted by Crippen LogP contribution is -2.50. The van der Waals surface area contributed by atoms with Crippen LogP contribution in [0.3, 0.4) is 0 Å². The summed E-state index contributed by atoms with van der Waals surface area (Å²) in [7, 11) is -3.87. The highest BCUT2D eigenvalue weighted by molar-refractivity contribution is 7.92. The highest BCUT2D eigenvalue weighted by atomic mass is 32.2. The van der Waals surface area contributed by atoms with Gasteiger partial charge >= 0.3 is 0 Å². The average molecular weight is 506 g/mol. The van der Waals surface area contributed by atoms with Gasteiger partial charge in [0.15, 0.2) is 6.10 Å². The summed E-state index contributed by atoms with van der Waals surface area (Å²) in [6.45, 7) is 5.31. The van der Waals surface area contributed by atoms with Crippen LogP contribution >= 0.6 is 0 Å². The van der Waals surface area contributed by atoms with Gasteiger partial charge in [0.05, 0.1) is 17.1 Å². The van der Waals surface area contributed by atoms with E-state index < -0.39 is 16.1 Å². The maximum absolute atomic E-state index is 13.5. The molecule has 1 fully saturated rings. The minimum atomic E-state index is -3.87. The van der Waals surface area contributed by atoms with Gasteiger partial charge in [-0.3, -0.25) is 14.0 Å². The molecule has 1 amide bonds. The summed E-state index contributed by atoms with van der Waals surface area (Å²) < 4.78 is 34.3. The van der Waals surface area contributed by atoms with E-state index in [-0.39, 0.29) is 17.3 Å². The number of rotatable bonds is 7. The molecule has 3 aromatic carbocycles. The van der Waals surface area contributed by atoms with Crippen LogP contribution in [0.25, 0.3) is 0 Å². The van der Waals surface area contributed by atoms with Crippen LogP contribution in [0.15, 0.2) is 77.7 Å². The fourth-order valence-corrected chi connectivity index (χ4v) is 6.28. The predicted octanol–water partition coefficient (Wildman–Crippen LogP) is 3.86. The van der Waals surface area contributed by atoms with Crippen LogP contribution in [-0.4, -0.2) is 45.0 Å². The maximum atomic E-state index is 13.5. The van der Waals surface area contributed by atoms with E-state index in [1.54, 1.807) is 42.5 Å². The zero-order chi connectivity index (χ0) is 25.1. The van der Waals surface area contributed by atoms with Crippen molar-refractivity contribution < 1.29 is 17.9 Å². The molecule has 7 nitrogen and oxygen atoms in total. The van der Waals surface area contributed by atoms with E-state index in [9.17, 15) is 13.2 Å². The number of fused-ring (bicyclic) bond motifs is 1. The summed E-state index contributed by atoms with van der Waals surface area (Å²) in [6, 6.07) is 21.8. The van der Waals surface area contributed by atoms with Crippen LogP contribution in [0.2, 0.25) is 0 Å². The van der Waals surface area contributed by atoms with Crippen molar-refractivity contribution in [1.29, 1.82) is 0 Å². The van der Waals surface area contributed by atoms with Gasteiger partial charge in [-0.05, 0) is 73.8 Å². The normalized spacial score (nSPS) is 17.9. The Hall–Kier alpha value is -3.36. The van der Waals surface area contributed by atoms with Crippen molar-refractivity contribution in [1.82, 2.24) is 10.2 Å². The number of carbonyl (C=O) groups is 1. The predicted molar refractivity (Wildman–Crippen MR) is 139 cm³/mol. The van der Waals surface area contributed by atoms with Crippen molar-refractivity contribution >= 4 is 21.6 Å². The number of sulfonamides is 1. The molecule has 0 spiro atoms. The fraction of sp³-hybridized carbons (Fsp3) is 0.321. The van der Waals surface area contributed by atoms with Crippen LogP contribution < -0.4 is 14.4 Å². The number of benzene rings is 3. The monoisotopic (exact) mass is 505 g/mol. The molecule has 8 heteroatoms. The van der Waals surface area contributed by atoms with Gasteiger partial charge in [0.2, 0.25) is 0 Å². The van der Waals surface area contributed by atoms with E-state index in [1.807, 2.05) is 25.1 Å². The summed E-state index contributed by atoms with van der Waals surface area (Å²) >= 11 is 0. The third-order valence-electron chi connectivity index (χ3n) is 6.67. The number of hydrogen-bond acceptors (Lipinski definition) is 5. The molecule has 5 rings (SSSR count). The summed E-state index contributed by atoms with van der Waals surface area (Å²) in [4.78, 5) is 15.8. The highest BCUT2D eigenvalue weighted by Gasteiger charge is 2.37. The van der Waals surface area contributed by atoms with Crippen LogP contribution in [0.5, 0.6) is 5.75 Å². The maximum Gasteiger partial charge on any atom is 0.264 e. The number of ether oxygens (including phenoxy) is 1. The highest BCUT2D eigenvalue weighted by Crippen LogP contribution is 2.37. The van der Waals surface area contributed by atoms with Crippen molar-refractivity contribution in [3.8, 4) is 5.75 Å². The zero-order valence-corrected chi connectivity index (χ0v) is 21.2. The lowest BCUT2D eigenvalue weighted by atomic mass is 10.1. The first-order chi connectivity index (χ1) is 17.4. The molecule has 0 saturated carbocycles. The van der Waals surface area contributed by atoms with Gasteiger partial charge in [-0.1, -0.05) is 48.5 Å². The number of amides is 1. The van der Waals surface area contributed by atoms with Gasteiger partial charge in [0.1, 0.15) is 5.75 Å². The van der Waals surface area contributed by atoms with Crippen LogP contribution in [0.1, 0.15) is 29.5 Å². The quantitative estimate of drug-likeness (QED) is 0.528. The van der Waals surface area contributed by atoms with Crippen LogP contribution in [0.4, 0.5) is 5.69 Å². The van der Waals surface area contributed by atoms with Gasteiger partial charge in [-0.15, -0.1) is 0 Å². The fourth-order valence-electron chi connectivity index (χ4n) is 4.78. The lowest BCUT2D eigenvalue weighted by molar-refractivity contribution is -0.127. The molecule has 3 aromatic rings. The van der Waals surface area contributed by atoms with Crippen molar-refractivity contribution in [3.63, 3.8) is 0 Å². The molecule has 0 aromatic heterocycles. The Morgan fingerprint density at radius 2 is 1.72 bits per heavy atom. The Balaban J connectivity index is 1.32. The number of aryl methyl sites for hydroxylation is 1. The molecule has 1 saturated heterocycles. The molecular weight excluding hydrogens is 474 g/mol. The smallest absolute Gasteiger partial charge is 0.264 e. The number of anilines is 1. The standard InChI is InChI=1S/C28H31N3O4S/c1-21-12-13-25-26(16-21)35-27(20-31(25)36(33,34)24-10-3-2-4-11-24)28(32)29-18-22-8-7-9-23(17-22)19-30-14-5-6-15-30/h2-4,7-13,16-17,27H,5-6,14-15,18-20H2,1H3,(H,29,32)/t27-/m1/s1. The molecule has 0 unspecified atom stereocenters. The summed E-state index contributed by atoms with van der Waals surface area (Å²) in [6.07, 6.45) is 1.53. The largest absolute Gasteiger partial charge is 0.476 e. The Morgan fingerprint density at radius 3 is 2.50 bits per heavy atom. The first-order valence-electron chi connectivity index (χ1n) is 12.3. The van der Waals surface area contributed by atoms with Gasteiger partial charge in [0, 0.05) is 13.1 Å². The Bertz CT molecular complexity index is 1340. The van der Waals surface area contributed by atoms with Crippen molar-refractivity contribution in [2.45, 2.75) is 43.9 Å². The minimum Gasteiger partial charge on any atom is -0.476 e. The third kappa shape index (κ3) is 5.24. The molecular formula is C28H31N3O4S. The first kappa shape index (κ1) is 24.3. The molecule has 188 valence electrons. The number of nitrogens with one attached hydrogen (secondary N) is 1. The average Bonchev–Trinajstić information content (AvgIpc) is 3.40. The number of nitrogens with zero attached hydrogens (tertiary/aromatic N) is 2. The molecule has 36 heavy (non-hydrogen) atoms. The molecule has 0 radical (unpaired) electrons. The Labute approximate surface area is 212 Å². The Morgan fingerprint density at radius 1 is 0.972 bits per heavy atom. The summed E-state index contributed by atoms with van der Waals surface area (Å²) in [5.74, 6) is 0.0360. The van der Waals surface area contributed by atoms with E-state index in [1.165, 1.54) is 22.7 Å². The molecule has 2 heterocycles. The van der Waals surface area contributed by atoms with E-state index in [0.29, 0.717) is 18.0 Å². The summed E-state index contributed by atoms with van der Waals surface area (Å²) in [5.41, 5.74) is 3.58. The lowest BCUT2D eigenvalue weighted by Gasteiger charge is -2.35. The Kier molecular flexibility index (Phi) is 6.98. The van der Waals surface area contributed by atoms with Crippen LogP contribution in [0, 0.1) is 6.92 Å². The third-order valence-corrected chi connectivity index (χ3v) is 8.47. The van der Waals surface area contributed by atoms with Crippen molar-refractivity contribution in [3.05, 3.63) is 89.5 Å². The first-order valence-corrected chi connectivity index (χ1v) is 13.8. The summed E-state index contributed by atoms with van der Waals surface area (Å²) in [5, 5.41) is 2.95.